The number of hydrogen-bond acceptors (Lipinski definition) is 2. The zero-order chi connectivity index (χ0) is 10.7. The average molecular weight is 260 g/mol. The zero-order valence-corrected chi connectivity index (χ0v) is 8.89. The zero-order valence-electron chi connectivity index (χ0n) is 7.30. The molecule has 0 spiro atoms. The topological polar surface area (TPSA) is 46.2 Å². The Balaban J connectivity index is 3.00. The predicted octanol–water partition coefficient (Wildman–Crippen LogP) is 1.86. The highest BCUT2D eigenvalue weighted by Gasteiger charge is 2.11. The van der Waals surface area contributed by atoms with Gasteiger partial charge < -0.3 is 0 Å². The quantitative estimate of drug-likeness (QED) is 0.837. The Morgan fingerprint density at radius 3 is 2.64 bits per heavy atom. The van der Waals surface area contributed by atoms with E-state index in [0.717, 1.165) is 6.07 Å². The number of amides is 2. The molecule has 1 aromatic rings. The maximum absolute atomic E-state index is 12.8. The third-order valence-electron chi connectivity index (χ3n) is 1.46. The van der Waals surface area contributed by atoms with Crippen molar-refractivity contribution in [1.29, 1.82) is 0 Å². The summed E-state index contributed by atoms with van der Waals surface area (Å²) in [5.41, 5.74) is 0.0974. The fraction of sp³-hybridized carbons (Fsp3) is 0.111. The molecular formula is C9H7BrFNO2. The third kappa shape index (κ3) is 2.63. The van der Waals surface area contributed by atoms with Gasteiger partial charge in [-0.05, 0) is 34.1 Å². The van der Waals surface area contributed by atoms with E-state index in [0.29, 0.717) is 4.47 Å². The van der Waals surface area contributed by atoms with Crippen LogP contribution in [0.15, 0.2) is 22.7 Å². The molecule has 0 unspecified atom stereocenters. The summed E-state index contributed by atoms with van der Waals surface area (Å²) in [6.45, 7) is 1.21. The average Bonchev–Trinajstić information content (AvgIpc) is 2.08. The van der Waals surface area contributed by atoms with Crippen LogP contribution >= 0.6 is 15.9 Å². The van der Waals surface area contributed by atoms with Crippen LogP contribution < -0.4 is 5.32 Å². The summed E-state index contributed by atoms with van der Waals surface area (Å²) in [4.78, 5) is 21.9. The molecule has 5 heteroatoms. The van der Waals surface area contributed by atoms with E-state index >= 15 is 0 Å². The van der Waals surface area contributed by atoms with Gasteiger partial charge in [-0.3, -0.25) is 14.9 Å². The lowest BCUT2D eigenvalue weighted by Gasteiger charge is -2.03. The number of halogens is 2. The summed E-state index contributed by atoms with van der Waals surface area (Å²) in [6.07, 6.45) is 0. The van der Waals surface area contributed by atoms with E-state index in [9.17, 15) is 14.0 Å². The van der Waals surface area contributed by atoms with Gasteiger partial charge in [0.2, 0.25) is 5.91 Å². The van der Waals surface area contributed by atoms with Crippen molar-refractivity contribution < 1.29 is 14.0 Å². The minimum absolute atomic E-state index is 0.0974. The molecule has 14 heavy (non-hydrogen) atoms. The molecule has 0 saturated heterocycles. The second kappa shape index (κ2) is 4.32. The van der Waals surface area contributed by atoms with Crippen molar-refractivity contribution in [3.63, 3.8) is 0 Å². The van der Waals surface area contributed by atoms with Gasteiger partial charge in [0.1, 0.15) is 5.82 Å². The molecule has 0 aliphatic carbocycles. The van der Waals surface area contributed by atoms with Crippen molar-refractivity contribution in [3.05, 3.63) is 34.1 Å². The number of carbonyl (C=O) groups excluding carboxylic acids is 2. The summed E-state index contributed by atoms with van der Waals surface area (Å²) in [7, 11) is 0. The highest BCUT2D eigenvalue weighted by atomic mass is 79.9. The molecule has 3 nitrogen and oxygen atoms in total. The maximum atomic E-state index is 12.8. The van der Waals surface area contributed by atoms with Crippen LogP contribution in [-0.4, -0.2) is 11.8 Å². The molecule has 2 amide bonds. The van der Waals surface area contributed by atoms with E-state index in [1.165, 1.54) is 19.1 Å². The molecule has 0 aliphatic rings. The normalized spacial score (nSPS) is 9.64. The second-order valence-corrected chi connectivity index (χ2v) is 3.49. The fourth-order valence-corrected chi connectivity index (χ4v) is 1.33. The van der Waals surface area contributed by atoms with Gasteiger partial charge in [0.25, 0.3) is 5.91 Å². The largest absolute Gasteiger partial charge is 0.293 e. The van der Waals surface area contributed by atoms with Crippen LogP contribution in [0.3, 0.4) is 0 Å². The lowest BCUT2D eigenvalue weighted by Crippen LogP contribution is -2.28. The van der Waals surface area contributed by atoms with E-state index in [-0.39, 0.29) is 5.56 Å². The van der Waals surface area contributed by atoms with Gasteiger partial charge in [0.15, 0.2) is 0 Å². The highest BCUT2D eigenvalue weighted by Crippen LogP contribution is 2.17. The molecular weight excluding hydrogens is 253 g/mol. The second-order valence-electron chi connectivity index (χ2n) is 2.63. The number of hydrogen-bond donors (Lipinski definition) is 1. The lowest BCUT2D eigenvalue weighted by atomic mass is 10.2. The molecule has 0 atom stereocenters. The molecule has 0 aliphatic heterocycles. The van der Waals surface area contributed by atoms with E-state index in [1.54, 1.807) is 0 Å². The standard InChI is InChI=1S/C9H7BrFNO2/c1-5(13)12-9(14)7-4-6(11)2-3-8(7)10/h2-4H,1H3,(H,12,13,14). The summed E-state index contributed by atoms with van der Waals surface area (Å²) < 4.78 is 13.2. The van der Waals surface area contributed by atoms with Gasteiger partial charge in [-0.15, -0.1) is 0 Å². The minimum atomic E-state index is -0.621. The van der Waals surface area contributed by atoms with Crippen LogP contribution in [0.25, 0.3) is 0 Å². The van der Waals surface area contributed by atoms with Crippen molar-refractivity contribution in [2.75, 3.05) is 0 Å². The van der Waals surface area contributed by atoms with Crippen molar-refractivity contribution in [2.24, 2.45) is 0 Å². The molecule has 1 aromatic carbocycles. The smallest absolute Gasteiger partial charge is 0.259 e. The fourth-order valence-electron chi connectivity index (χ4n) is 0.899. The van der Waals surface area contributed by atoms with Crippen LogP contribution in [0.5, 0.6) is 0 Å². The first-order chi connectivity index (χ1) is 6.50. The molecule has 0 saturated carbocycles. The summed E-state index contributed by atoms with van der Waals surface area (Å²) in [6, 6.07) is 3.68. The van der Waals surface area contributed by atoms with E-state index in [2.05, 4.69) is 21.2 Å². The van der Waals surface area contributed by atoms with Crippen molar-refractivity contribution >= 4 is 27.7 Å². The van der Waals surface area contributed by atoms with Crippen LogP contribution in [0.4, 0.5) is 4.39 Å². The summed E-state index contributed by atoms with van der Waals surface area (Å²) in [5.74, 6) is -1.63. The Hall–Kier alpha value is -1.23. The molecule has 1 rings (SSSR count). The summed E-state index contributed by atoms with van der Waals surface area (Å²) in [5, 5.41) is 2.05. The number of imide groups is 1. The number of carbonyl (C=O) groups is 2. The number of nitrogens with one attached hydrogen (secondary N) is 1. The Labute approximate surface area is 88.4 Å². The molecule has 0 heterocycles. The van der Waals surface area contributed by atoms with E-state index in [4.69, 9.17) is 0 Å². The Bertz CT molecular complexity index is 392. The maximum Gasteiger partial charge on any atom is 0.259 e. The Morgan fingerprint density at radius 2 is 2.07 bits per heavy atom. The Morgan fingerprint density at radius 1 is 1.43 bits per heavy atom. The number of benzene rings is 1. The molecule has 0 radical (unpaired) electrons. The molecule has 74 valence electrons. The van der Waals surface area contributed by atoms with Crippen molar-refractivity contribution in [3.8, 4) is 0 Å². The molecule has 0 bridgehead atoms. The molecule has 0 fully saturated rings. The van der Waals surface area contributed by atoms with Gasteiger partial charge >= 0.3 is 0 Å². The molecule has 0 aromatic heterocycles. The van der Waals surface area contributed by atoms with Gasteiger partial charge in [-0.2, -0.15) is 0 Å². The van der Waals surface area contributed by atoms with Gasteiger partial charge in [0, 0.05) is 11.4 Å². The van der Waals surface area contributed by atoms with E-state index in [1.807, 2.05) is 0 Å². The molecule has 1 N–H and O–H groups in total. The van der Waals surface area contributed by atoms with Gasteiger partial charge in [-0.25, -0.2) is 4.39 Å². The third-order valence-corrected chi connectivity index (χ3v) is 2.15. The number of rotatable bonds is 1. The monoisotopic (exact) mass is 259 g/mol. The van der Waals surface area contributed by atoms with Gasteiger partial charge in [-0.1, -0.05) is 0 Å². The van der Waals surface area contributed by atoms with Crippen LogP contribution in [-0.2, 0) is 4.79 Å². The summed E-state index contributed by atoms with van der Waals surface area (Å²) >= 11 is 3.08. The first kappa shape index (κ1) is 10.8. The predicted molar refractivity (Wildman–Crippen MR) is 52.2 cm³/mol. The first-order valence-electron chi connectivity index (χ1n) is 3.77. The Kier molecular flexibility index (Phi) is 3.35. The van der Waals surface area contributed by atoms with Crippen molar-refractivity contribution in [2.45, 2.75) is 6.92 Å². The van der Waals surface area contributed by atoms with Crippen molar-refractivity contribution in [1.82, 2.24) is 5.32 Å². The van der Waals surface area contributed by atoms with Gasteiger partial charge in [0.05, 0.1) is 5.56 Å². The van der Waals surface area contributed by atoms with Crippen LogP contribution in [0, 0.1) is 5.82 Å². The van der Waals surface area contributed by atoms with Crippen LogP contribution in [0.1, 0.15) is 17.3 Å². The minimum Gasteiger partial charge on any atom is -0.293 e. The SMILES string of the molecule is CC(=O)NC(=O)c1cc(F)ccc1Br. The van der Waals surface area contributed by atoms with Crippen LogP contribution in [0.2, 0.25) is 0 Å². The van der Waals surface area contributed by atoms with E-state index < -0.39 is 17.6 Å². The lowest BCUT2D eigenvalue weighted by molar-refractivity contribution is -0.118. The first-order valence-corrected chi connectivity index (χ1v) is 4.57. The highest BCUT2D eigenvalue weighted by molar-refractivity contribution is 9.10.